The van der Waals surface area contributed by atoms with Gasteiger partial charge in [-0.05, 0) is 87.2 Å². The van der Waals surface area contributed by atoms with Crippen LogP contribution in [0.5, 0.6) is 0 Å². The number of ether oxygens (including phenoxy) is 1. The topological polar surface area (TPSA) is 147 Å². The molecule has 0 spiro atoms. The maximum Gasteiger partial charge on any atom is 0.371 e. The Kier molecular flexibility index (Phi) is 12.3. The van der Waals surface area contributed by atoms with Crippen molar-refractivity contribution in [1.82, 2.24) is 15.5 Å². The highest BCUT2D eigenvalue weighted by Crippen LogP contribution is 2.28. The van der Waals surface area contributed by atoms with E-state index in [-0.39, 0.29) is 17.6 Å². The first kappa shape index (κ1) is 34.9. The molecular formula is C36H47ClN4O6. The maximum absolute atomic E-state index is 13.2. The van der Waals surface area contributed by atoms with Crippen molar-refractivity contribution in [3.8, 4) is 0 Å². The number of hydrogen-bond acceptors (Lipinski definition) is 7. The number of furan rings is 1. The summed E-state index contributed by atoms with van der Waals surface area (Å²) in [6.45, 7) is 5.83. The molecule has 2 amide bonds. The molecule has 10 nitrogen and oxygen atoms in total. The number of carboxylic acids is 1. The molecule has 3 heterocycles. The van der Waals surface area contributed by atoms with E-state index in [9.17, 15) is 14.4 Å². The van der Waals surface area contributed by atoms with Gasteiger partial charge in [0.15, 0.2) is 0 Å². The van der Waals surface area contributed by atoms with Gasteiger partial charge in [-0.1, -0.05) is 54.8 Å². The van der Waals surface area contributed by atoms with Gasteiger partial charge in [0.25, 0.3) is 0 Å². The Balaban J connectivity index is 0.000000277. The second-order valence-electron chi connectivity index (χ2n) is 13.2. The summed E-state index contributed by atoms with van der Waals surface area (Å²) in [6.07, 6.45) is 8.33. The van der Waals surface area contributed by atoms with Crippen LogP contribution in [-0.4, -0.2) is 78.8 Å². The summed E-state index contributed by atoms with van der Waals surface area (Å²) in [5.74, 6) is -0.202. The number of piperidine rings is 1. The number of nitrogens with zero attached hydrogens (tertiary/aromatic N) is 1. The first-order valence-corrected chi connectivity index (χ1v) is 17.2. The average Bonchev–Trinajstić information content (AvgIpc) is 3.72. The fraction of sp³-hybridized carbons (Fsp3) is 0.528. The largest absolute Gasteiger partial charge is 0.475 e. The molecule has 3 fully saturated rings. The third kappa shape index (κ3) is 10.0. The number of aromatic carboxylic acids is 1. The predicted octanol–water partition coefficient (Wildman–Crippen LogP) is 5.02. The molecule has 1 aromatic heterocycles. The normalized spacial score (nSPS) is 19.4. The number of hydrogen-bond donors (Lipinski definition) is 4. The smallest absolute Gasteiger partial charge is 0.371 e. The molecule has 254 valence electrons. The molecule has 6 rings (SSSR count). The molecule has 2 saturated heterocycles. The summed E-state index contributed by atoms with van der Waals surface area (Å²) in [5.41, 5.74) is 7.04. The summed E-state index contributed by atoms with van der Waals surface area (Å²) >= 11 is 5.70. The van der Waals surface area contributed by atoms with Crippen molar-refractivity contribution in [3.63, 3.8) is 0 Å². The number of likely N-dealkylation sites (tertiary alicyclic amines) is 1. The van der Waals surface area contributed by atoms with Gasteiger partial charge in [0.2, 0.25) is 17.6 Å². The highest BCUT2D eigenvalue weighted by Gasteiger charge is 2.39. The zero-order chi connectivity index (χ0) is 33.2. The fourth-order valence-corrected chi connectivity index (χ4v) is 6.90. The summed E-state index contributed by atoms with van der Waals surface area (Å²) in [5, 5.41) is 16.0. The number of fused-ring (bicyclic) bond motifs is 1. The number of amides is 2. The standard InChI is InChI=1S/C27H42N4O3.C9H5ClO3/c28-27(12-4-5-13-27)26(33)30-24(18-21-6-2-1-3-7-21)25(32)29-19-22-8-14-31(15-9-22)20-23-10-16-34-17-11-23;10-6-2-1-5-3-8(9(11)12)13-7(5)4-6/h1-3,6-7,22-24H,4-5,8-20,28H2,(H,29,32)(H,30,33);1-4H,(H,11,12)/t24-;/m1./s1. The van der Waals surface area contributed by atoms with E-state index < -0.39 is 17.6 Å². The third-order valence-corrected chi connectivity index (χ3v) is 9.91. The van der Waals surface area contributed by atoms with Crippen LogP contribution < -0.4 is 16.4 Å². The van der Waals surface area contributed by atoms with Crippen LogP contribution in [-0.2, 0) is 20.7 Å². The van der Waals surface area contributed by atoms with Crippen LogP contribution in [0.3, 0.4) is 0 Å². The average molecular weight is 667 g/mol. The van der Waals surface area contributed by atoms with Gasteiger partial charge in [0, 0.05) is 49.2 Å². The zero-order valence-electron chi connectivity index (χ0n) is 26.9. The monoisotopic (exact) mass is 666 g/mol. The molecule has 3 aromatic rings. The van der Waals surface area contributed by atoms with E-state index in [1.165, 1.54) is 25.5 Å². The number of carbonyl (C=O) groups excluding carboxylic acids is 2. The number of carboxylic acid groups (broad SMARTS) is 1. The minimum atomic E-state index is -1.08. The lowest BCUT2D eigenvalue weighted by Gasteiger charge is -2.35. The van der Waals surface area contributed by atoms with Crippen molar-refractivity contribution < 1.29 is 28.6 Å². The van der Waals surface area contributed by atoms with Gasteiger partial charge in [-0.2, -0.15) is 0 Å². The first-order chi connectivity index (χ1) is 22.7. The van der Waals surface area contributed by atoms with Crippen LogP contribution in [0.15, 0.2) is 59.0 Å². The van der Waals surface area contributed by atoms with Gasteiger partial charge in [0.1, 0.15) is 11.6 Å². The molecule has 11 heteroatoms. The number of benzene rings is 2. The molecule has 1 aliphatic carbocycles. The van der Waals surface area contributed by atoms with Crippen molar-refractivity contribution >= 4 is 40.4 Å². The molecule has 1 saturated carbocycles. The van der Waals surface area contributed by atoms with E-state index >= 15 is 0 Å². The van der Waals surface area contributed by atoms with Gasteiger partial charge in [-0.25, -0.2) is 4.79 Å². The van der Waals surface area contributed by atoms with E-state index in [1.54, 1.807) is 18.2 Å². The van der Waals surface area contributed by atoms with Gasteiger partial charge in [0.05, 0.1) is 5.54 Å². The molecule has 0 unspecified atom stereocenters. The maximum atomic E-state index is 13.2. The lowest BCUT2D eigenvalue weighted by molar-refractivity contribution is -0.132. The highest BCUT2D eigenvalue weighted by molar-refractivity contribution is 6.31. The van der Waals surface area contributed by atoms with Crippen LogP contribution in [0.2, 0.25) is 5.02 Å². The summed E-state index contributed by atoms with van der Waals surface area (Å²) in [7, 11) is 0. The van der Waals surface area contributed by atoms with Crippen molar-refractivity contribution in [1.29, 1.82) is 0 Å². The van der Waals surface area contributed by atoms with Crippen molar-refractivity contribution in [2.45, 2.75) is 69.4 Å². The van der Waals surface area contributed by atoms with Gasteiger partial charge >= 0.3 is 5.97 Å². The van der Waals surface area contributed by atoms with Crippen LogP contribution in [0.1, 0.15) is 67.5 Å². The third-order valence-electron chi connectivity index (χ3n) is 9.67. The van der Waals surface area contributed by atoms with E-state index in [0.717, 1.165) is 68.9 Å². The predicted molar refractivity (Wildman–Crippen MR) is 181 cm³/mol. The number of nitrogens with two attached hydrogens (primary N) is 1. The molecule has 1 atom stereocenters. The Hall–Kier alpha value is -3.44. The Bertz CT molecular complexity index is 1480. The SMILES string of the molecule is NC1(C(=O)N[C@H](Cc2ccccc2)C(=O)NCC2CCN(CC3CCOCC3)CC2)CCCC1.O=C(O)c1cc2ccc(Cl)cc2o1. The van der Waals surface area contributed by atoms with Crippen LogP contribution in [0.25, 0.3) is 11.0 Å². The van der Waals surface area contributed by atoms with Crippen molar-refractivity contribution in [3.05, 3.63) is 70.9 Å². The summed E-state index contributed by atoms with van der Waals surface area (Å²) < 4.78 is 10.5. The zero-order valence-corrected chi connectivity index (χ0v) is 27.7. The van der Waals surface area contributed by atoms with Gasteiger partial charge in [-0.15, -0.1) is 0 Å². The summed E-state index contributed by atoms with van der Waals surface area (Å²) in [4.78, 5) is 39.2. The number of rotatable bonds is 10. The molecule has 0 radical (unpaired) electrons. The molecule has 2 aliphatic heterocycles. The minimum Gasteiger partial charge on any atom is -0.475 e. The van der Waals surface area contributed by atoms with Gasteiger partial charge in [-0.3, -0.25) is 9.59 Å². The van der Waals surface area contributed by atoms with E-state index in [2.05, 4.69) is 15.5 Å². The molecule has 47 heavy (non-hydrogen) atoms. The van der Waals surface area contributed by atoms with Crippen LogP contribution >= 0.6 is 11.6 Å². The van der Waals surface area contributed by atoms with E-state index in [4.69, 9.17) is 31.6 Å². The second-order valence-corrected chi connectivity index (χ2v) is 13.7. The summed E-state index contributed by atoms with van der Waals surface area (Å²) in [6, 6.07) is 15.7. The molecule has 3 aliphatic rings. The van der Waals surface area contributed by atoms with Crippen molar-refractivity contribution in [2.75, 3.05) is 39.4 Å². The Morgan fingerprint density at radius 2 is 1.68 bits per heavy atom. The van der Waals surface area contributed by atoms with Crippen molar-refractivity contribution in [2.24, 2.45) is 17.6 Å². The Morgan fingerprint density at radius 1 is 0.979 bits per heavy atom. The Labute approximate surface area is 281 Å². The van der Waals surface area contributed by atoms with E-state index in [0.29, 0.717) is 42.3 Å². The van der Waals surface area contributed by atoms with Gasteiger partial charge < -0.3 is 35.5 Å². The highest BCUT2D eigenvalue weighted by atomic mass is 35.5. The molecule has 5 N–H and O–H groups in total. The van der Waals surface area contributed by atoms with Crippen LogP contribution in [0, 0.1) is 11.8 Å². The quantitative estimate of drug-likeness (QED) is 0.236. The molecular weight excluding hydrogens is 620 g/mol. The number of carbonyl (C=O) groups is 3. The fourth-order valence-electron chi connectivity index (χ4n) is 6.74. The molecule has 0 bridgehead atoms. The second kappa shape index (κ2) is 16.6. The minimum absolute atomic E-state index is 0.0720. The first-order valence-electron chi connectivity index (χ1n) is 16.8. The number of halogens is 1. The van der Waals surface area contributed by atoms with E-state index in [1.807, 2.05) is 30.3 Å². The number of nitrogens with one attached hydrogen (secondary N) is 2. The lowest BCUT2D eigenvalue weighted by atomic mass is 9.93. The molecule has 2 aromatic carbocycles. The van der Waals surface area contributed by atoms with Crippen LogP contribution in [0.4, 0.5) is 0 Å². The lowest BCUT2D eigenvalue weighted by Crippen LogP contribution is -2.58. The Morgan fingerprint density at radius 3 is 2.36 bits per heavy atom.